The zero-order valence-corrected chi connectivity index (χ0v) is 13.7. The molecule has 122 valence electrons. The molecule has 1 aromatic heterocycles. The van der Waals surface area contributed by atoms with Gasteiger partial charge in [0, 0.05) is 19.6 Å². The second kappa shape index (κ2) is 6.73. The number of hydrogen-bond acceptors (Lipinski definition) is 3. The minimum absolute atomic E-state index is 0.0391. The van der Waals surface area contributed by atoms with Gasteiger partial charge in [0.2, 0.25) is 0 Å². The summed E-state index contributed by atoms with van der Waals surface area (Å²) in [6, 6.07) is 4.66. The number of amides is 2. The van der Waals surface area contributed by atoms with E-state index in [0.29, 0.717) is 12.6 Å². The standard InChI is InChI=1S/C17H27N3O2/c1-13-8-9-16(22-13)15(20-10-3-4-11-20)12-18-17(21)19(2)14-6-5-7-14/h8-9,14-15H,3-7,10-12H2,1-2H3,(H,18,21)/t15-/m1/s1. The zero-order valence-electron chi connectivity index (χ0n) is 13.7. The van der Waals surface area contributed by atoms with Crippen molar-refractivity contribution in [3.8, 4) is 0 Å². The molecule has 22 heavy (non-hydrogen) atoms. The molecule has 5 heteroatoms. The molecule has 5 nitrogen and oxygen atoms in total. The Hall–Kier alpha value is -1.49. The van der Waals surface area contributed by atoms with E-state index in [2.05, 4.69) is 10.2 Å². The molecule has 0 aromatic carbocycles. The van der Waals surface area contributed by atoms with Gasteiger partial charge in [0.1, 0.15) is 11.5 Å². The fourth-order valence-electron chi connectivity index (χ4n) is 3.34. The van der Waals surface area contributed by atoms with Gasteiger partial charge in [-0.2, -0.15) is 0 Å². The SMILES string of the molecule is Cc1ccc([C@@H](CNC(=O)N(C)C2CCC2)N2CCCC2)o1. The summed E-state index contributed by atoms with van der Waals surface area (Å²) in [6.45, 7) is 4.74. The van der Waals surface area contributed by atoms with E-state index in [1.54, 1.807) is 0 Å². The summed E-state index contributed by atoms with van der Waals surface area (Å²) in [5.74, 6) is 1.89. The molecular weight excluding hydrogens is 278 g/mol. The van der Waals surface area contributed by atoms with Crippen LogP contribution in [0, 0.1) is 6.92 Å². The number of carbonyl (C=O) groups excluding carboxylic acids is 1. The first-order valence-electron chi connectivity index (χ1n) is 8.46. The highest BCUT2D eigenvalue weighted by atomic mass is 16.3. The van der Waals surface area contributed by atoms with Crippen LogP contribution in [0.15, 0.2) is 16.5 Å². The first-order valence-corrected chi connectivity index (χ1v) is 8.46. The summed E-state index contributed by atoms with van der Waals surface area (Å²) in [6.07, 6.45) is 5.97. The van der Waals surface area contributed by atoms with Crippen molar-refractivity contribution >= 4 is 6.03 Å². The molecule has 1 aliphatic heterocycles. The van der Waals surface area contributed by atoms with Gasteiger partial charge < -0.3 is 14.6 Å². The molecule has 2 fully saturated rings. The predicted octanol–water partition coefficient (Wildman–Crippen LogP) is 2.92. The lowest BCUT2D eigenvalue weighted by Gasteiger charge is -2.35. The van der Waals surface area contributed by atoms with Gasteiger partial charge in [-0.25, -0.2) is 4.79 Å². The molecule has 1 atom stereocenters. The van der Waals surface area contributed by atoms with Gasteiger partial charge in [0.15, 0.2) is 0 Å². The summed E-state index contributed by atoms with van der Waals surface area (Å²) in [7, 11) is 1.90. The van der Waals surface area contributed by atoms with Crippen LogP contribution in [0.25, 0.3) is 0 Å². The topological polar surface area (TPSA) is 48.7 Å². The summed E-state index contributed by atoms with van der Waals surface area (Å²) in [5.41, 5.74) is 0. The van der Waals surface area contributed by atoms with E-state index >= 15 is 0 Å². The van der Waals surface area contributed by atoms with Crippen molar-refractivity contribution in [2.75, 3.05) is 26.7 Å². The number of aryl methyl sites for hydroxylation is 1. The molecule has 2 amide bonds. The van der Waals surface area contributed by atoms with Crippen molar-refractivity contribution in [2.45, 2.75) is 51.1 Å². The van der Waals surface area contributed by atoms with Crippen molar-refractivity contribution in [3.05, 3.63) is 23.7 Å². The average molecular weight is 305 g/mol. The van der Waals surface area contributed by atoms with Gasteiger partial charge in [-0.3, -0.25) is 4.90 Å². The Labute approximate surface area is 132 Å². The highest BCUT2D eigenvalue weighted by Gasteiger charge is 2.29. The van der Waals surface area contributed by atoms with Gasteiger partial charge >= 0.3 is 6.03 Å². The monoisotopic (exact) mass is 305 g/mol. The third-order valence-electron chi connectivity index (χ3n) is 5.06. The fraction of sp³-hybridized carbons (Fsp3) is 0.706. The number of likely N-dealkylation sites (tertiary alicyclic amines) is 1. The van der Waals surface area contributed by atoms with Crippen molar-refractivity contribution < 1.29 is 9.21 Å². The van der Waals surface area contributed by atoms with Gasteiger partial charge in [0.25, 0.3) is 0 Å². The molecule has 0 unspecified atom stereocenters. The van der Waals surface area contributed by atoms with Gasteiger partial charge in [-0.1, -0.05) is 0 Å². The summed E-state index contributed by atoms with van der Waals surface area (Å²) < 4.78 is 5.82. The predicted molar refractivity (Wildman–Crippen MR) is 85.8 cm³/mol. The molecule has 2 aliphatic rings. The Morgan fingerprint density at radius 1 is 1.36 bits per heavy atom. The molecule has 1 aliphatic carbocycles. The van der Waals surface area contributed by atoms with E-state index < -0.39 is 0 Å². The maximum absolute atomic E-state index is 12.3. The molecule has 1 saturated carbocycles. The average Bonchev–Trinajstić information content (AvgIpc) is 3.09. The van der Waals surface area contributed by atoms with E-state index in [0.717, 1.165) is 37.5 Å². The summed E-state index contributed by atoms with van der Waals surface area (Å²) in [5, 5.41) is 3.10. The number of furan rings is 1. The lowest BCUT2D eigenvalue weighted by molar-refractivity contribution is 0.150. The summed E-state index contributed by atoms with van der Waals surface area (Å²) in [4.78, 5) is 16.6. The fourth-order valence-corrected chi connectivity index (χ4v) is 3.34. The largest absolute Gasteiger partial charge is 0.465 e. The minimum atomic E-state index is 0.0391. The van der Waals surface area contributed by atoms with Crippen LogP contribution >= 0.6 is 0 Å². The zero-order chi connectivity index (χ0) is 15.5. The Balaban J connectivity index is 1.61. The van der Waals surface area contributed by atoms with Crippen molar-refractivity contribution in [3.63, 3.8) is 0 Å². The molecule has 0 radical (unpaired) electrons. The third-order valence-corrected chi connectivity index (χ3v) is 5.06. The number of urea groups is 1. The van der Waals surface area contributed by atoms with Gasteiger partial charge in [-0.05, 0) is 64.3 Å². The second-order valence-corrected chi connectivity index (χ2v) is 6.59. The van der Waals surface area contributed by atoms with E-state index in [4.69, 9.17) is 4.42 Å². The maximum Gasteiger partial charge on any atom is 0.317 e. The first-order chi connectivity index (χ1) is 10.6. The van der Waals surface area contributed by atoms with Crippen LogP contribution in [-0.4, -0.2) is 48.6 Å². The first kappa shape index (κ1) is 15.4. The van der Waals surface area contributed by atoms with Gasteiger partial charge in [-0.15, -0.1) is 0 Å². The quantitative estimate of drug-likeness (QED) is 0.910. The minimum Gasteiger partial charge on any atom is -0.465 e. The van der Waals surface area contributed by atoms with Crippen molar-refractivity contribution in [1.82, 2.24) is 15.1 Å². The Bertz CT molecular complexity index is 504. The lowest BCUT2D eigenvalue weighted by atomic mass is 9.92. The number of rotatable bonds is 5. The molecule has 3 rings (SSSR count). The van der Waals surface area contributed by atoms with Crippen molar-refractivity contribution in [2.24, 2.45) is 0 Å². The smallest absolute Gasteiger partial charge is 0.317 e. The van der Waals surface area contributed by atoms with E-state index in [1.165, 1.54) is 19.3 Å². The van der Waals surface area contributed by atoms with E-state index in [9.17, 15) is 4.79 Å². The van der Waals surface area contributed by atoms with Crippen LogP contribution in [0.3, 0.4) is 0 Å². The van der Waals surface area contributed by atoms with Crippen LogP contribution in [-0.2, 0) is 0 Å². The molecule has 1 N–H and O–H groups in total. The van der Waals surface area contributed by atoms with Gasteiger partial charge in [0.05, 0.1) is 6.04 Å². The normalized spacial score (nSPS) is 20.6. The number of nitrogens with zero attached hydrogens (tertiary/aromatic N) is 2. The molecule has 1 aromatic rings. The van der Waals surface area contributed by atoms with E-state index in [1.807, 2.05) is 31.0 Å². The molecule has 0 bridgehead atoms. The molecule has 0 spiro atoms. The highest BCUT2D eigenvalue weighted by molar-refractivity contribution is 5.74. The van der Waals surface area contributed by atoms with Crippen molar-refractivity contribution in [1.29, 1.82) is 0 Å². The molecule has 2 heterocycles. The van der Waals surface area contributed by atoms with Crippen LogP contribution in [0.5, 0.6) is 0 Å². The second-order valence-electron chi connectivity index (χ2n) is 6.59. The van der Waals surface area contributed by atoms with Crippen LogP contribution in [0.2, 0.25) is 0 Å². The summed E-state index contributed by atoms with van der Waals surface area (Å²) >= 11 is 0. The van der Waals surface area contributed by atoms with Crippen LogP contribution in [0.4, 0.5) is 4.79 Å². The lowest BCUT2D eigenvalue weighted by Crippen LogP contribution is -2.48. The Morgan fingerprint density at radius 3 is 2.64 bits per heavy atom. The van der Waals surface area contributed by atoms with Crippen LogP contribution < -0.4 is 5.32 Å². The number of hydrogen-bond donors (Lipinski definition) is 1. The Kier molecular flexibility index (Phi) is 4.71. The molecule has 1 saturated heterocycles. The third kappa shape index (κ3) is 3.29. The maximum atomic E-state index is 12.3. The molecular formula is C17H27N3O2. The number of nitrogens with one attached hydrogen (secondary N) is 1. The van der Waals surface area contributed by atoms with Crippen LogP contribution in [0.1, 0.15) is 49.7 Å². The Morgan fingerprint density at radius 2 is 2.09 bits per heavy atom. The van der Waals surface area contributed by atoms with E-state index in [-0.39, 0.29) is 12.1 Å². The number of carbonyl (C=O) groups is 1. The highest BCUT2D eigenvalue weighted by Crippen LogP contribution is 2.27.